The molecule has 0 spiro atoms. The lowest BCUT2D eigenvalue weighted by molar-refractivity contribution is 0.105. The van der Waals surface area contributed by atoms with Gasteiger partial charge in [0.25, 0.3) is 0 Å². The van der Waals surface area contributed by atoms with Crippen LogP contribution >= 0.6 is 0 Å². The van der Waals surface area contributed by atoms with Gasteiger partial charge in [-0.25, -0.2) is 4.39 Å². The van der Waals surface area contributed by atoms with Crippen LogP contribution in [0.4, 0.5) is 8.78 Å². The van der Waals surface area contributed by atoms with E-state index < -0.39 is 23.2 Å². The molecule has 0 aliphatic heterocycles. The first-order valence-corrected chi connectivity index (χ1v) is 6.59. The van der Waals surface area contributed by atoms with Crippen molar-refractivity contribution in [3.63, 3.8) is 0 Å². The minimum atomic E-state index is -1.33. The molecule has 3 rings (SSSR count). The minimum absolute atomic E-state index is 0.0435. The van der Waals surface area contributed by atoms with E-state index in [0.717, 1.165) is 11.6 Å². The van der Waals surface area contributed by atoms with Crippen LogP contribution in [0.15, 0.2) is 35.5 Å². The molecular weight excluding hydrogens is 292 g/mol. The van der Waals surface area contributed by atoms with Crippen molar-refractivity contribution in [1.82, 2.24) is 0 Å². The van der Waals surface area contributed by atoms with Gasteiger partial charge in [0.05, 0.1) is 0 Å². The third kappa shape index (κ3) is 2.13. The summed E-state index contributed by atoms with van der Waals surface area (Å²) >= 11 is 0. The molecule has 4 nitrogen and oxygen atoms in total. The number of carbonyl (C=O) groups is 1. The van der Waals surface area contributed by atoms with Crippen molar-refractivity contribution in [2.24, 2.45) is 5.16 Å². The lowest BCUT2D eigenvalue weighted by Gasteiger charge is -2.17. The van der Waals surface area contributed by atoms with Crippen LogP contribution in [0.5, 0.6) is 5.75 Å². The second-order valence-corrected chi connectivity index (χ2v) is 5.01. The van der Waals surface area contributed by atoms with E-state index in [4.69, 9.17) is 10.3 Å². The molecule has 112 valence electrons. The van der Waals surface area contributed by atoms with Crippen LogP contribution in [0, 0.1) is 11.6 Å². The molecule has 0 saturated heterocycles. The number of aromatic hydroxyl groups is 1. The lowest BCUT2D eigenvalue weighted by Crippen LogP contribution is -2.22. The number of phenols is 1. The average Bonchev–Trinajstić information content (AvgIpc) is 2.53. The third-order valence-electron chi connectivity index (χ3n) is 3.74. The van der Waals surface area contributed by atoms with Crippen molar-refractivity contribution in [2.75, 3.05) is 0 Å². The van der Waals surface area contributed by atoms with Crippen molar-refractivity contribution >= 4 is 11.5 Å². The zero-order chi connectivity index (χ0) is 15.9. The molecule has 0 radical (unpaired) electrons. The summed E-state index contributed by atoms with van der Waals surface area (Å²) in [5.41, 5.74) is 1.37. The molecule has 22 heavy (non-hydrogen) atoms. The van der Waals surface area contributed by atoms with Gasteiger partial charge in [0.2, 0.25) is 11.6 Å². The second-order valence-electron chi connectivity index (χ2n) is 5.01. The smallest absolute Gasteiger partial charge is 0.210 e. The molecule has 6 heteroatoms. The van der Waals surface area contributed by atoms with E-state index in [0.29, 0.717) is 24.0 Å². The molecule has 0 bridgehead atoms. The fourth-order valence-corrected chi connectivity index (χ4v) is 2.55. The average molecular weight is 303 g/mol. The fraction of sp³-hybridized carbons (Fsp3) is 0.125. The lowest BCUT2D eigenvalue weighted by atomic mass is 9.87. The van der Waals surface area contributed by atoms with Gasteiger partial charge in [0.1, 0.15) is 5.71 Å². The number of nitrogens with zero attached hydrogens (tertiary/aromatic N) is 1. The molecule has 0 unspecified atom stereocenters. The molecule has 2 aromatic rings. The van der Waals surface area contributed by atoms with Crippen molar-refractivity contribution in [3.8, 4) is 16.9 Å². The number of phenolic OH excluding ortho intramolecular Hbond substituents is 1. The zero-order valence-corrected chi connectivity index (χ0v) is 11.3. The summed E-state index contributed by atoms with van der Waals surface area (Å²) in [5, 5.41) is 20.9. The maximum atomic E-state index is 13.9. The number of ketones is 1. The number of aryl methyl sites for hydroxylation is 1. The molecule has 0 heterocycles. The van der Waals surface area contributed by atoms with E-state index in [1.165, 1.54) is 12.1 Å². The van der Waals surface area contributed by atoms with Gasteiger partial charge in [-0.2, -0.15) is 4.39 Å². The summed E-state index contributed by atoms with van der Waals surface area (Å²) in [7, 11) is 0. The minimum Gasteiger partial charge on any atom is -0.505 e. The number of hydrogen-bond donors (Lipinski definition) is 2. The Balaban J connectivity index is 2.14. The van der Waals surface area contributed by atoms with Gasteiger partial charge in [-0.3, -0.25) is 4.79 Å². The summed E-state index contributed by atoms with van der Waals surface area (Å²) in [6.07, 6.45) is 0.872. The number of halogens is 2. The normalized spacial score (nSPS) is 15.9. The largest absolute Gasteiger partial charge is 0.505 e. The van der Waals surface area contributed by atoms with Gasteiger partial charge in [0.15, 0.2) is 11.6 Å². The van der Waals surface area contributed by atoms with E-state index in [1.54, 1.807) is 12.1 Å². The summed E-state index contributed by atoms with van der Waals surface area (Å²) in [6, 6.07) is 6.99. The monoisotopic (exact) mass is 303 g/mol. The van der Waals surface area contributed by atoms with Crippen LogP contribution in [-0.2, 0) is 6.42 Å². The number of Topliss-reactive ketones (excluding diaryl/α,β-unsaturated/α-hetero) is 1. The van der Waals surface area contributed by atoms with E-state index in [2.05, 4.69) is 5.16 Å². The molecule has 0 atom stereocenters. The number of rotatable bonds is 1. The van der Waals surface area contributed by atoms with Crippen LogP contribution < -0.4 is 0 Å². The van der Waals surface area contributed by atoms with Crippen LogP contribution in [0.3, 0.4) is 0 Å². The summed E-state index contributed by atoms with van der Waals surface area (Å²) < 4.78 is 27.4. The van der Waals surface area contributed by atoms with E-state index in [-0.39, 0.29) is 11.3 Å². The van der Waals surface area contributed by atoms with Crippen LogP contribution in [0.2, 0.25) is 0 Å². The SMILES string of the molecule is O=C1/C(=N\O)CCc2ccc(-c3ccc(O)c(F)c3F)cc21. The highest BCUT2D eigenvalue weighted by molar-refractivity contribution is 6.47. The van der Waals surface area contributed by atoms with Crippen molar-refractivity contribution in [2.45, 2.75) is 12.8 Å². The van der Waals surface area contributed by atoms with E-state index in [9.17, 15) is 13.6 Å². The molecule has 2 aromatic carbocycles. The number of hydrogen-bond acceptors (Lipinski definition) is 4. The molecule has 0 amide bonds. The number of oxime groups is 1. The molecule has 0 fully saturated rings. The topological polar surface area (TPSA) is 69.9 Å². The molecule has 1 aliphatic rings. The number of fused-ring (bicyclic) bond motifs is 1. The highest BCUT2D eigenvalue weighted by Gasteiger charge is 2.25. The van der Waals surface area contributed by atoms with Gasteiger partial charge in [-0.15, -0.1) is 0 Å². The van der Waals surface area contributed by atoms with Gasteiger partial charge in [-0.1, -0.05) is 17.3 Å². The predicted octanol–water partition coefficient (Wildman–Crippen LogP) is 3.30. The van der Waals surface area contributed by atoms with Gasteiger partial charge < -0.3 is 10.3 Å². The van der Waals surface area contributed by atoms with Crippen LogP contribution in [0.1, 0.15) is 22.3 Å². The summed E-state index contributed by atoms with van der Waals surface area (Å²) in [4.78, 5) is 12.1. The first-order valence-electron chi connectivity index (χ1n) is 6.59. The van der Waals surface area contributed by atoms with Gasteiger partial charge in [0, 0.05) is 17.5 Å². The third-order valence-corrected chi connectivity index (χ3v) is 3.74. The zero-order valence-electron chi connectivity index (χ0n) is 11.3. The number of carbonyl (C=O) groups excluding carboxylic acids is 1. The molecule has 0 saturated carbocycles. The van der Waals surface area contributed by atoms with E-state index in [1.807, 2.05) is 0 Å². The summed E-state index contributed by atoms with van der Waals surface area (Å²) in [6.45, 7) is 0. The van der Waals surface area contributed by atoms with Crippen LogP contribution in [-0.4, -0.2) is 21.8 Å². The van der Waals surface area contributed by atoms with Gasteiger partial charge in [-0.05, 0) is 35.7 Å². The fourth-order valence-electron chi connectivity index (χ4n) is 2.55. The predicted molar refractivity (Wildman–Crippen MR) is 75.3 cm³/mol. The Bertz CT molecular complexity index is 815. The van der Waals surface area contributed by atoms with Crippen LogP contribution in [0.25, 0.3) is 11.1 Å². The molecule has 1 aliphatic carbocycles. The Morgan fingerprint density at radius 2 is 1.77 bits per heavy atom. The molecule has 2 N–H and O–H groups in total. The summed E-state index contributed by atoms with van der Waals surface area (Å²) in [5.74, 6) is -3.71. The maximum absolute atomic E-state index is 13.9. The van der Waals surface area contributed by atoms with Crippen molar-refractivity contribution in [3.05, 3.63) is 53.1 Å². The maximum Gasteiger partial charge on any atom is 0.210 e. The second kappa shape index (κ2) is 5.22. The Morgan fingerprint density at radius 1 is 1.00 bits per heavy atom. The Kier molecular flexibility index (Phi) is 3.36. The van der Waals surface area contributed by atoms with E-state index >= 15 is 0 Å². The Hall–Kier alpha value is -2.76. The first-order chi connectivity index (χ1) is 10.5. The first kappa shape index (κ1) is 14.2. The Labute approximate surface area is 124 Å². The molecular formula is C16H11F2NO3. The van der Waals surface area contributed by atoms with Crippen molar-refractivity contribution in [1.29, 1.82) is 0 Å². The standard InChI is InChI=1S/C16H11F2NO3/c17-14-10(4-6-13(20)15(14)18)9-2-1-8-3-5-12(19-22)16(21)11(8)7-9/h1-2,4,6-7,20,22H,3,5H2/b19-12-. The number of benzene rings is 2. The van der Waals surface area contributed by atoms with Gasteiger partial charge >= 0.3 is 0 Å². The van der Waals surface area contributed by atoms with Crippen molar-refractivity contribution < 1.29 is 23.9 Å². The molecule has 0 aromatic heterocycles. The quantitative estimate of drug-likeness (QED) is 0.627. The highest BCUT2D eigenvalue weighted by atomic mass is 19.2. The highest BCUT2D eigenvalue weighted by Crippen LogP contribution is 2.31. The Morgan fingerprint density at radius 3 is 2.50 bits per heavy atom.